The zero-order valence-corrected chi connectivity index (χ0v) is 19.4. The number of anilines is 1. The first-order valence-corrected chi connectivity index (χ1v) is 10.9. The number of allylic oxidation sites excluding steroid dienone is 1. The second kappa shape index (κ2) is 9.84. The van der Waals surface area contributed by atoms with Crippen LogP contribution in [0, 0.1) is 0 Å². The molecule has 0 spiro atoms. The second-order valence-electron chi connectivity index (χ2n) is 7.48. The summed E-state index contributed by atoms with van der Waals surface area (Å²) in [7, 11) is 1.60. The summed E-state index contributed by atoms with van der Waals surface area (Å²) in [4.78, 5) is 12.6. The Kier molecular flexibility index (Phi) is 6.71. The van der Waals surface area contributed by atoms with Crippen LogP contribution in [-0.2, 0) is 4.79 Å². The van der Waals surface area contributed by atoms with Crippen molar-refractivity contribution in [1.82, 2.24) is 0 Å². The van der Waals surface area contributed by atoms with Gasteiger partial charge in [0, 0.05) is 39.4 Å². The Balaban J connectivity index is 1.67. The van der Waals surface area contributed by atoms with Gasteiger partial charge < -0.3 is 19.2 Å². The number of carbonyl (C=O) groups is 1. The van der Waals surface area contributed by atoms with Crippen molar-refractivity contribution in [2.75, 3.05) is 19.0 Å². The third-order valence-corrected chi connectivity index (χ3v) is 5.51. The van der Waals surface area contributed by atoms with Crippen molar-refractivity contribution in [2.45, 2.75) is 13.8 Å². The monoisotopic (exact) mass is 461 g/mol. The summed E-state index contributed by atoms with van der Waals surface area (Å²) >= 11 is 5.91. The van der Waals surface area contributed by atoms with Gasteiger partial charge in [-0.2, -0.15) is 0 Å². The fraction of sp³-hybridized carbons (Fsp3) is 0.148. The molecule has 4 aromatic rings. The van der Waals surface area contributed by atoms with Gasteiger partial charge in [0.2, 0.25) is 5.91 Å². The highest BCUT2D eigenvalue weighted by Crippen LogP contribution is 2.37. The quantitative estimate of drug-likeness (QED) is 0.295. The van der Waals surface area contributed by atoms with Crippen LogP contribution in [0.1, 0.15) is 19.4 Å². The number of furan rings is 1. The number of methoxy groups -OCH3 is 1. The van der Waals surface area contributed by atoms with Gasteiger partial charge in [-0.15, -0.1) is 0 Å². The number of benzene rings is 3. The molecule has 0 aliphatic carbocycles. The summed E-state index contributed by atoms with van der Waals surface area (Å²) in [6.07, 6.45) is 3.28. The van der Waals surface area contributed by atoms with E-state index in [1.54, 1.807) is 43.7 Å². The van der Waals surface area contributed by atoms with E-state index < -0.39 is 0 Å². The lowest BCUT2D eigenvalue weighted by atomic mass is 9.99. The van der Waals surface area contributed by atoms with Crippen molar-refractivity contribution >= 4 is 39.7 Å². The molecule has 6 heteroatoms. The molecule has 0 bridgehead atoms. The van der Waals surface area contributed by atoms with E-state index in [1.165, 1.54) is 0 Å². The number of nitrogens with one attached hydrogen (secondary N) is 1. The first-order valence-electron chi connectivity index (χ1n) is 10.6. The van der Waals surface area contributed by atoms with Crippen LogP contribution in [0.25, 0.3) is 27.7 Å². The van der Waals surface area contributed by atoms with Crippen LogP contribution < -0.4 is 14.8 Å². The molecule has 0 atom stereocenters. The van der Waals surface area contributed by atoms with Gasteiger partial charge in [0.15, 0.2) is 0 Å². The molecular weight excluding hydrogens is 438 g/mol. The molecular formula is C27H24ClNO4. The summed E-state index contributed by atoms with van der Waals surface area (Å²) < 4.78 is 16.9. The molecule has 0 unspecified atom stereocenters. The van der Waals surface area contributed by atoms with Crippen LogP contribution >= 0.6 is 11.6 Å². The van der Waals surface area contributed by atoms with Crippen LogP contribution in [0.15, 0.2) is 77.4 Å². The highest BCUT2D eigenvalue weighted by atomic mass is 35.5. The number of fused-ring (bicyclic) bond motifs is 1. The Morgan fingerprint density at radius 2 is 1.82 bits per heavy atom. The predicted octanol–water partition coefficient (Wildman–Crippen LogP) is 7.20. The summed E-state index contributed by atoms with van der Waals surface area (Å²) in [5.41, 5.74) is 4.91. The minimum absolute atomic E-state index is 0.240. The Bertz CT molecular complexity index is 1300. The molecule has 168 valence electrons. The molecule has 1 heterocycles. The van der Waals surface area contributed by atoms with Crippen LogP contribution in [-0.4, -0.2) is 19.6 Å². The van der Waals surface area contributed by atoms with Gasteiger partial charge in [0.25, 0.3) is 0 Å². The van der Waals surface area contributed by atoms with Crippen molar-refractivity contribution in [3.05, 3.63) is 83.6 Å². The molecule has 5 nitrogen and oxygen atoms in total. The van der Waals surface area contributed by atoms with E-state index in [0.717, 1.165) is 33.4 Å². The van der Waals surface area contributed by atoms with Gasteiger partial charge in [-0.25, -0.2) is 0 Å². The number of rotatable bonds is 7. The van der Waals surface area contributed by atoms with Crippen LogP contribution in [0.4, 0.5) is 5.69 Å². The molecule has 0 aliphatic heterocycles. The largest absolute Gasteiger partial charge is 0.496 e. The minimum atomic E-state index is -0.240. The first kappa shape index (κ1) is 22.5. The topological polar surface area (TPSA) is 60.7 Å². The molecule has 0 saturated heterocycles. The summed E-state index contributed by atoms with van der Waals surface area (Å²) in [6, 6.07) is 18.7. The fourth-order valence-corrected chi connectivity index (χ4v) is 3.76. The van der Waals surface area contributed by atoms with Gasteiger partial charge in [0.1, 0.15) is 17.1 Å². The minimum Gasteiger partial charge on any atom is -0.496 e. The summed E-state index contributed by atoms with van der Waals surface area (Å²) in [5.74, 6) is 1.21. The molecule has 4 rings (SSSR count). The number of hydrogen-bond acceptors (Lipinski definition) is 4. The third-order valence-electron chi connectivity index (χ3n) is 5.26. The maximum atomic E-state index is 12.6. The van der Waals surface area contributed by atoms with Crippen molar-refractivity contribution in [3.63, 3.8) is 0 Å². The molecule has 1 N–H and O–H groups in total. The smallest absolute Gasteiger partial charge is 0.248 e. The van der Waals surface area contributed by atoms with E-state index in [2.05, 4.69) is 5.32 Å². The lowest BCUT2D eigenvalue weighted by Crippen LogP contribution is -2.08. The number of ether oxygens (including phenoxy) is 2. The van der Waals surface area contributed by atoms with Gasteiger partial charge in [0.05, 0.1) is 20.0 Å². The molecule has 0 aliphatic rings. The Hall–Kier alpha value is -3.70. The zero-order chi connectivity index (χ0) is 23.4. The third kappa shape index (κ3) is 5.04. The number of carbonyl (C=O) groups excluding carboxylic acids is 1. The fourth-order valence-electron chi connectivity index (χ4n) is 3.64. The van der Waals surface area contributed by atoms with E-state index >= 15 is 0 Å². The van der Waals surface area contributed by atoms with Crippen molar-refractivity contribution < 1.29 is 18.7 Å². The number of hydrogen-bond donors (Lipinski definition) is 1. The average molecular weight is 462 g/mol. The maximum Gasteiger partial charge on any atom is 0.248 e. The number of halogens is 1. The van der Waals surface area contributed by atoms with E-state index in [9.17, 15) is 4.79 Å². The van der Waals surface area contributed by atoms with Crippen LogP contribution in [0.3, 0.4) is 0 Å². The van der Waals surface area contributed by atoms with E-state index in [0.29, 0.717) is 28.6 Å². The standard InChI is InChI=1S/C27H24ClNO4/c1-4-32-21-11-5-18(6-12-21)24-16-33-26-15-25(31-3)22(14-23(24)26)17(2)13-27(30)29-20-9-7-19(28)8-10-20/h5-16H,4H2,1-3H3,(H,29,30)/b17-13+. The molecule has 33 heavy (non-hydrogen) atoms. The van der Waals surface area contributed by atoms with Crippen LogP contribution in [0.5, 0.6) is 11.5 Å². The van der Waals surface area contributed by atoms with Crippen molar-refractivity contribution in [3.8, 4) is 22.6 Å². The molecule has 0 radical (unpaired) electrons. The molecule has 3 aromatic carbocycles. The van der Waals surface area contributed by atoms with E-state index in [4.69, 9.17) is 25.5 Å². The summed E-state index contributed by atoms with van der Waals surface area (Å²) in [6.45, 7) is 4.45. The van der Waals surface area contributed by atoms with Gasteiger partial charge in [-0.1, -0.05) is 23.7 Å². The molecule has 1 amide bonds. The SMILES string of the molecule is CCOc1ccc(-c2coc3cc(OC)c(/C(C)=C/C(=O)Nc4ccc(Cl)cc4)cc23)cc1. The molecule has 0 fully saturated rings. The normalized spacial score (nSPS) is 11.5. The molecule has 0 saturated carbocycles. The van der Waals surface area contributed by atoms with Gasteiger partial charge >= 0.3 is 0 Å². The average Bonchev–Trinajstić information content (AvgIpc) is 3.23. The summed E-state index contributed by atoms with van der Waals surface area (Å²) in [5, 5.41) is 4.39. The maximum absolute atomic E-state index is 12.6. The Morgan fingerprint density at radius 3 is 2.48 bits per heavy atom. The first-order chi connectivity index (χ1) is 16.0. The predicted molar refractivity (Wildman–Crippen MR) is 133 cm³/mol. The number of amides is 1. The molecule has 1 aromatic heterocycles. The van der Waals surface area contributed by atoms with Crippen molar-refractivity contribution in [1.29, 1.82) is 0 Å². The van der Waals surface area contributed by atoms with Gasteiger partial charge in [-0.05, 0) is 67.4 Å². The van der Waals surface area contributed by atoms with E-state index in [-0.39, 0.29) is 5.91 Å². The highest BCUT2D eigenvalue weighted by molar-refractivity contribution is 6.30. The lowest BCUT2D eigenvalue weighted by Gasteiger charge is -2.10. The Morgan fingerprint density at radius 1 is 1.09 bits per heavy atom. The van der Waals surface area contributed by atoms with Crippen LogP contribution in [0.2, 0.25) is 5.02 Å². The lowest BCUT2D eigenvalue weighted by molar-refractivity contribution is -0.111. The second-order valence-corrected chi connectivity index (χ2v) is 7.92. The van der Waals surface area contributed by atoms with Crippen molar-refractivity contribution in [2.24, 2.45) is 0 Å². The van der Waals surface area contributed by atoms with Gasteiger partial charge in [-0.3, -0.25) is 4.79 Å². The Labute approximate surface area is 197 Å². The zero-order valence-electron chi connectivity index (χ0n) is 18.6. The highest BCUT2D eigenvalue weighted by Gasteiger charge is 2.15. The van der Waals surface area contributed by atoms with E-state index in [1.807, 2.05) is 50.2 Å².